The van der Waals surface area contributed by atoms with Gasteiger partial charge in [-0.3, -0.25) is 0 Å². The molecular weight excluding hydrogens is 427 g/mol. The molecule has 0 aromatic heterocycles. The van der Waals surface area contributed by atoms with Crippen LogP contribution in [0.4, 0.5) is 0 Å². The fourth-order valence-electron chi connectivity index (χ4n) is 5.55. The summed E-state index contributed by atoms with van der Waals surface area (Å²) in [6, 6.07) is 33.4. The van der Waals surface area contributed by atoms with Gasteiger partial charge in [-0.05, 0) is 23.1 Å². The molecule has 0 bridgehead atoms. The van der Waals surface area contributed by atoms with Gasteiger partial charge in [-0.2, -0.15) is 0 Å². The molecule has 0 spiro atoms. The Bertz CT molecular complexity index is 879. The van der Waals surface area contributed by atoms with E-state index in [0.717, 1.165) is 0 Å². The summed E-state index contributed by atoms with van der Waals surface area (Å²) >= 11 is 0. The molecule has 3 rings (SSSR count). The highest BCUT2D eigenvalue weighted by Crippen LogP contribution is 2.55. The summed E-state index contributed by atoms with van der Waals surface area (Å²) in [4.78, 5) is 0. The predicted molar refractivity (Wildman–Crippen MR) is 154 cm³/mol. The van der Waals surface area contributed by atoms with Crippen molar-refractivity contribution in [1.82, 2.24) is 0 Å². The van der Waals surface area contributed by atoms with Gasteiger partial charge in [0.2, 0.25) is 0 Å². The highest BCUT2D eigenvalue weighted by Gasteiger charge is 2.47. The second-order valence-electron chi connectivity index (χ2n) is 10.2. The third-order valence-corrected chi connectivity index (χ3v) is 9.07. The van der Waals surface area contributed by atoms with Gasteiger partial charge in [0.25, 0.3) is 0 Å². The van der Waals surface area contributed by atoms with Crippen LogP contribution in [0, 0.1) is 0 Å². The fourth-order valence-corrected chi connectivity index (χ4v) is 6.24. The maximum atomic E-state index is 3.32. The van der Waals surface area contributed by atoms with Crippen molar-refractivity contribution in [2.45, 2.75) is 95.0 Å². The van der Waals surface area contributed by atoms with Gasteiger partial charge >= 0.3 is 0 Å². The minimum Gasteiger partial charge on any atom is -0.121 e. The standard InChI is InChI=1S/C33H45P/c1-3-4-5-6-7-8-9-10-11-21-28-32(2,29-22-15-12-16-23-29)33(34,30-24-17-13-18-25-30)31-26-19-14-20-27-31/h12-20,22-27H,3-11,21,28,34H2,1-2H3. The molecular formula is C33H45P. The van der Waals surface area contributed by atoms with Crippen LogP contribution in [-0.2, 0) is 10.6 Å². The van der Waals surface area contributed by atoms with E-state index >= 15 is 0 Å². The Morgan fingerprint density at radius 1 is 0.500 bits per heavy atom. The summed E-state index contributed by atoms with van der Waals surface area (Å²) < 4.78 is 0. The summed E-state index contributed by atoms with van der Waals surface area (Å²) in [6.07, 6.45) is 14.9. The lowest BCUT2D eigenvalue weighted by Crippen LogP contribution is -2.43. The summed E-state index contributed by atoms with van der Waals surface area (Å²) in [5, 5.41) is -0.198. The van der Waals surface area contributed by atoms with Crippen molar-refractivity contribution in [2.24, 2.45) is 0 Å². The second-order valence-corrected chi connectivity index (χ2v) is 11.0. The molecule has 0 amide bonds. The molecule has 0 saturated carbocycles. The molecule has 0 aliphatic carbocycles. The van der Waals surface area contributed by atoms with Crippen LogP contribution in [0.15, 0.2) is 91.0 Å². The Morgan fingerprint density at radius 2 is 0.853 bits per heavy atom. The van der Waals surface area contributed by atoms with Crippen LogP contribution in [-0.4, -0.2) is 0 Å². The zero-order chi connectivity index (χ0) is 24.1. The number of hydrogen-bond acceptors (Lipinski definition) is 0. The molecule has 2 atom stereocenters. The van der Waals surface area contributed by atoms with Gasteiger partial charge in [-0.15, -0.1) is 9.24 Å². The van der Waals surface area contributed by atoms with Gasteiger partial charge in [0.15, 0.2) is 0 Å². The number of benzene rings is 3. The maximum absolute atomic E-state index is 3.32. The van der Waals surface area contributed by atoms with Crippen LogP contribution in [0.2, 0.25) is 0 Å². The van der Waals surface area contributed by atoms with E-state index in [2.05, 4.69) is 114 Å². The Hall–Kier alpha value is -1.91. The Morgan fingerprint density at radius 3 is 1.26 bits per heavy atom. The van der Waals surface area contributed by atoms with Crippen molar-refractivity contribution < 1.29 is 0 Å². The molecule has 0 heterocycles. The molecule has 0 radical (unpaired) electrons. The molecule has 0 saturated heterocycles. The highest BCUT2D eigenvalue weighted by atomic mass is 31.0. The molecule has 0 aliphatic rings. The average molecular weight is 473 g/mol. The topological polar surface area (TPSA) is 0 Å². The van der Waals surface area contributed by atoms with Gasteiger partial charge in [0.05, 0.1) is 0 Å². The first kappa shape index (κ1) is 26.7. The molecule has 3 aromatic rings. The number of unbranched alkanes of at least 4 members (excludes halogenated alkanes) is 9. The van der Waals surface area contributed by atoms with E-state index in [1.54, 1.807) is 0 Å². The van der Waals surface area contributed by atoms with Crippen molar-refractivity contribution in [3.63, 3.8) is 0 Å². The highest BCUT2D eigenvalue weighted by molar-refractivity contribution is 7.19. The maximum Gasteiger partial charge on any atom is 0.0437 e. The summed E-state index contributed by atoms with van der Waals surface area (Å²) in [6.45, 7) is 4.78. The van der Waals surface area contributed by atoms with E-state index in [9.17, 15) is 0 Å². The summed E-state index contributed by atoms with van der Waals surface area (Å²) in [5.41, 5.74) is 4.12. The molecule has 182 valence electrons. The van der Waals surface area contributed by atoms with Crippen molar-refractivity contribution in [3.8, 4) is 0 Å². The lowest BCUT2D eigenvalue weighted by atomic mass is 9.63. The van der Waals surface area contributed by atoms with Crippen molar-refractivity contribution >= 4 is 9.24 Å². The molecule has 3 aromatic carbocycles. The molecule has 0 nitrogen and oxygen atoms in total. The largest absolute Gasteiger partial charge is 0.121 e. The van der Waals surface area contributed by atoms with Crippen LogP contribution in [0.25, 0.3) is 0 Å². The van der Waals surface area contributed by atoms with E-state index in [1.165, 1.54) is 87.3 Å². The smallest absolute Gasteiger partial charge is 0.0437 e. The Kier molecular flexibility index (Phi) is 10.9. The van der Waals surface area contributed by atoms with E-state index in [0.29, 0.717) is 0 Å². The zero-order valence-electron chi connectivity index (χ0n) is 21.5. The van der Waals surface area contributed by atoms with E-state index in [1.807, 2.05) is 0 Å². The molecule has 1 heteroatoms. The minimum atomic E-state index is -0.198. The first-order valence-electron chi connectivity index (χ1n) is 13.6. The van der Waals surface area contributed by atoms with Gasteiger partial charge in [0.1, 0.15) is 0 Å². The first-order chi connectivity index (χ1) is 16.6. The van der Waals surface area contributed by atoms with Gasteiger partial charge in [0, 0.05) is 10.6 Å². The van der Waals surface area contributed by atoms with Crippen molar-refractivity contribution in [3.05, 3.63) is 108 Å². The third-order valence-electron chi connectivity index (χ3n) is 7.77. The second kappa shape index (κ2) is 13.8. The molecule has 0 N–H and O–H groups in total. The lowest BCUT2D eigenvalue weighted by molar-refractivity contribution is 0.336. The molecule has 0 fully saturated rings. The molecule has 0 aliphatic heterocycles. The van der Waals surface area contributed by atoms with E-state index < -0.39 is 0 Å². The normalized spacial score (nSPS) is 13.5. The predicted octanol–water partition coefficient (Wildman–Crippen LogP) is 10.1. The van der Waals surface area contributed by atoms with E-state index in [4.69, 9.17) is 0 Å². The number of hydrogen-bond donors (Lipinski definition) is 0. The van der Waals surface area contributed by atoms with Crippen molar-refractivity contribution in [2.75, 3.05) is 0 Å². The lowest BCUT2D eigenvalue weighted by Gasteiger charge is -2.48. The van der Waals surface area contributed by atoms with Crippen LogP contribution in [0.3, 0.4) is 0 Å². The Balaban J connectivity index is 1.78. The first-order valence-corrected chi connectivity index (χ1v) is 14.2. The molecule has 34 heavy (non-hydrogen) atoms. The average Bonchev–Trinajstić information content (AvgIpc) is 2.90. The van der Waals surface area contributed by atoms with Gasteiger partial charge < -0.3 is 0 Å². The Labute approximate surface area is 211 Å². The SMILES string of the molecule is CCCCCCCCCCCCC(C)(c1ccccc1)C(P)(c1ccccc1)c1ccccc1. The third kappa shape index (κ3) is 6.60. The fraction of sp³-hybridized carbons (Fsp3) is 0.455. The summed E-state index contributed by atoms with van der Waals surface area (Å²) in [7, 11) is 3.32. The zero-order valence-corrected chi connectivity index (χ0v) is 22.7. The van der Waals surface area contributed by atoms with Crippen LogP contribution in [0.1, 0.15) is 101 Å². The number of rotatable bonds is 15. The quantitative estimate of drug-likeness (QED) is 0.152. The van der Waals surface area contributed by atoms with Crippen molar-refractivity contribution in [1.29, 1.82) is 0 Å². The van der Waals surface area contributed by atoms with Crippen LogP contribution in [0.5, 0.6) is 0 Å². The monoisotopic (exact) mass is 472 g/mol. The van der Waals surface area contributed by atoms with Crippen LogP contribution >= 0.6 is 9.24 Å². The van der Waals surface area contributed by atoms with Crippen LogP contribution < -0.4 is 0 Å². The summed E-state index contributed by atoms with van der Waals surface area (Å²) in [5.74, 6) is 0. The minimum absolute atomic E-state index is 0.0399. The van der Waals surface area contributed by atoms with E-state index in [-0.39, 0.29) is 10.6 Å². The van der Waals surface area contributed by atoms with Gasteiger partial charge in [-0.25, -0.2) is 0 Å². The van der Waals surface area contributed by atoms with Gasteiger partial charge in [-0.1, -0.05) is 169 Å². The molecule has 2 unspecified atom stereocenters.